The molecule has 20 heavy (non-hydrogen) atoms. The number of rotatable bonds is 5. The third kappa shape index (κ3) is 3.23. The van der Waals surface area contributed by atoms with Crippen molar-refractivity contribution in [3.63, 3.8) is 0 Å². The molecular formula is C14H15N3O3. The minimum absolute atomic E-state index is 0.132. The lowest BCUT2D eigenvalue weighted by molar-refractivity contribution is -0.136. The molecule has 0 aliphatic carbocycles. The molecule has 2 N–H and O–H groups in total. The van der Waals surface area contributed by atoms with Gasteiger partial charge in [-0.25, -0.2) is 0 Å². The number of aromatic nitrogens is 2. The first-order chi connectivity index (χ1) is 9.58. The summed E-state index contributed by atoms with van der Waals surface area (Å²) >= 11 is 0. The van der Waals surface area contributed by atoms with Gasteiger partial charge in [-0.1, -0.05) is 18.2 Å². The molecule has 0 spiro atoms. The number of carboxylic acids is 1. The fourth-order valence-electron chi connectivity index (χ4n) is 1.83. The smallest absolute Gasteiger partial charge is 0.307 e. The SMILES string of the molecule is CC(C(=O)Nc1ccccc1CC(=O)O)n1cccn1. The highest BCUT2D eigenvalue weighted by Crippen LogP contribution is 2.17. The number of nitrogens with one attached hydrogen (secondary N) is 1. The molecule has 1 aromatic carbocycles. The summed E-state index contributed by atoms with van der Waals surface area (Å²) < 4.78 is 1.54. The third-order valence-corrected chi connectivity index (χ3v) is 2.92. The number of amides is 1. The van der Waals surface area contributed by atoms with Crippen LogP contribution in [0.25, 0.3) is 0 Å². The van der Waals surface area contributed by atoms with E-state index < -0.39 is 12.0 Å². The van der Waals surface area contributed by atoms with Crippen molar-refractivity contribution in [2.24, 2.45) is 0 Å². The van der Waals surface area contributed by atoms with E-state index in [1.165, 1.54) is 4.68 Å². The molecule has 1 atom stereocenters. The van der Waals surface area contributed by atoms with Gasteiger partial charge in [0.1, 0.15) is 6.04 Å². The number of benzene rings is 1. The maximum atomic E-state index is 12.1. The van der Waals surface area contributed by atoms with E-state index in [9.17, 15) is 9.59 Å². The van der Waals surface area contributed by atoms with Crippen LogP contribution in [0.3, 0.4) is 0 Å². The first-order valence-electron chi connectivity index (χ1n) is 6.17. The fraction of sp³-hybridized carbons (Fsp3) is 0.214. The van der Waals surface area contributed by atoms with Crippen LogP contribution >= 0.6 is 0 Å². The number of carbonyl (C=O) groups is 2. The minimum atomic E-state index is -0.938. The van der Waals surface area contributed by atoms with E-state index in [2.05, 4.69) is 10.4 Å². The lowest BCUT2D eigenvalue weighted by Gasteiger charge is -2.14. The van der Waals surface area contributed by atoms with Gasteiger partial charge in [0, 0.05) is 18.1 Å². The summed E-state index contributed by atoms with van der Waals surface area (Å²) in [4.78, 5) is 22.9. The standard InChI is InChI=1S/C14H15N3O3/c1-10(17-8-4-7-15-17)14(20)16-12-6-3-2-5-11(12)9-13(18)19/h2-8,10H,9H2,1H3,(H,16,20)(H,18,19). The molecule has 104 valence electrons. The van der Waals surface area contributed by atoms with Gasteiger partial charge in [-0.2, -0.15) is 5.10 Å². The molecule has 0 saturated heterocycles. The van der Waals surface area contributed by atoms with E-state index >= 15 is 0 Å². The van der Waals surface area contributed by atoms with Crippen molar-refractivity contribution in [2.75, 3.05) is 5.32 Å². The molecule has 1 heterocycles. The van der Waals surface area contributed by atoms with Crippen molar-refractivity contribution in [2.45, 2.75) is 19.4 Å². The Morgan fingerprint density at radius 1 is 1.35 bits per heavy atom. The van der Waals surface area contributed by atoms with Crippen LogP contribution in [0.4, 0.5) is 5.69 Å². The summed E-state index contributed by atoms with van der Waals surface area (Å²) in [6.07, 6.45) is 3.17. The van der Waals surface area contributed by atoms with Crippen molar-refractivity contribution in [1.82, 2.24) is 9.78 Å². The van der Waals surface area contributed by atoms with Crippen molar-refractivity contribution >= 4 is 17.6 Å². The van der Waals surface area contributed by atoms with Crippen LogP contribution in [0.15, 0.2) is 42.7 Å². The van der Waals surface area contributed by atoms with Crippen LogP contribution in [-0.4, -0.2) is 26.8 Å². The molecule has 6 nitrogen and oxygen atoms in total. The second-order valence-corrected chi connectivity index (χ2v) is 4.38. The van der Waals surface area contributed by atoms with Crippen molar-refractivity contribution < 1.29 is 14.7 Å². The average molecular weight is 273 g/mol. The predicted octanol–water partition coefficient (Wildman–Crippen LogP) is 1.71. The van der Waals surface area contributed by atoms with Crippen molar-refractivity contribution in [3.05, 3.63) is 48.3 Å². The van der Waals surface area contributed by atoms with Crippen LogP contribution in [0.1, 0.15) is 18.5 Å². The summed E-state index contributed by atoms with van der Waals surface area (Å²) in [5, 5.41) is 15.6. The Labute approximate surface area is 116 Å². The van der Waals surface area contributed by atoms with Gasteiger partial charge < -0.3 is 10.4 Å². The van der Waals surface area contributed by atoms with E-state index in [0.29, 0.717) is 11.3 Å². The zero-order valence-electron chi connectivity index (χ0n) is 11.0. The third-order valence-electron chi connectivity index (χ3n) is 2.92. The van der Waals surface area contributed by atoms with E-state index in [1.807, 2.05) is 0 Å². The first kappa shape index (κ1) is 13.8. The highest BCUT2D eigenvalue weighted by Gasteiger charge is 2.16. The zero-order valence-corrected chi connectivity index (χ0v) is 11.0. The highest BCUT2D eigenvalue weighted by molar-refractivity contribution is 5.94. The molecule has 1 amide bonds. The number of hydrogen-bond acceptors (Lipinski definition) is 3. The van der Waals surface area contributed by atoms with Gasteiger partial charge in [-0.05, 0) is 24.6 Å². The van der Waals surface area contributed by atoms with Crippen LogP contribution < -0.4 is 5.32 Å². The summed E-state index contributed by atoms with van der Waals surface area (Å²) in [7, 11) is 0. The van der Waals surface area contributed by atoms with E-state index in [1.54, 1.807) is 49.6 Å². The maximum absolute atomic E-state index is 12.1. The number of aliphatic carboxylic acids is 1. The molecule has 0 fully saturated rings. The lowest BCUT2D eigenvalue weighted by Crippen LogP contribution is -2.24. The Balaban J connectivity index is 2.13. The number of hydrogen-bond donors (Lipinski definition) is 2. The topological polar surface area (TPSA) is 84.2 Å². The summed E-state index contributed by atoms with van der Waals surface area (Å²) in [6, 6.07) is 8.13. The molecule has 0 radical (unpaired) electrons. The van der Waals surface area contributed by atoms with E-state index in [0.717, 1.165) is 0 Å². The van der Waals surface area contributed by atoms with Crippen LogP contribution in [0.5, 0.6) is 0 Å². The number of anilines is 1. The minimum Gasteiger partial charge on any atom is -0.481 e. The molecule has 0 aliphatic heterocycles. The summed E-state index contributed by atoms with van der Waals surface area (Å²) in [6.45, 7) is 1.72. The van der Waals surface area contributed by atoms with Crippen LogP contribution in [0.2, 0.25) is 0 Å². The Bertz CT molecular complexity index is 608. The largest absolute Gasteiger partial charge is 0.481 e. The lowest BCUT2D eigenvalue weighted by atomic mass is 10.1. The van der Waals surface area contributed by atoms with E-state index in [-0.39, 0.29) is 12.3 Å². The monoisotopic (exact) mass is 273 g/mol. The number of carboxylic acid groups (broad SMARTS) is 1. The summed E-state index contributed by atoms with van der Waals surface area (Å²) in [5.74, 6) is -1.18. The Kier molecular flexibility index (Phi) is 4.14. The van der Waals surface area contributed by atoms with Gasteiger partial charge in [0.05, 0.1) is 6.42 Å². The number of para-hydroxylation sites is 1. The second-order valence-electron chi connectivity index (χ2n) is 4.38. The zero-order chi connectivity index (χ0) is 14.5. The molecule has 2 rings (SSSR count). The van der Waals surface area contributed by atoms with Gasteiger partial charge in [-0.3, -0.25) is 14.3 Å². The first-order valence-corrected chi connectivity index (χ1v) is 6.17. The number of carbonyl (C=O) groups excluding carboxylic acids is 1. The van der Waals surface area contributed by atoms with Gasteiger partial charge >= 0.3 is 5.97 Å². The molecule has 0 saturated carbocycles. The van der Waals surface area contributed by atoms with Gasteiger partial charge in [0.2, 0.25) is 5.91 Å². The van der Waals surface area contributed by atoms with Crippen LogP contribution in [-0.2, 0) is 16.0 Å². The number of nitrogens with zero attached hydrogens (tertiary/aromatic N) is 2. The van der Waals surface area contributed by atoms with Gasteiger partial charge in [0.25, 0.3) is 0 Å². The van der Waals surface area contributed by atoms with Crippen molar-refractivity contribution in [3.8, 4) is 0 Å². The molecule has 2 aromatic rings. The highest BCUT2D eigenvalue weighted by atomic mass is 16.4. The van der Waals surface area contributed by atoms with Gasteiger partial charge in [-0.15, -0.1) is 0 Å². The normalized spacial score (nSPS) is 11.8. The predicted molar refractivity (Wildman–Crippen MR) is 73.3 cm³/mol. The Morgan fingerprint density at radius 2 is 2.10 bits per heavy atom. The average Bonchev–Trinajstić information content (AvgIpc) is 2.93. The molecule has 0 bridgehead atoms. The fourth-order valence-corrected chi connectivity index (χ4v) is 1.83. The Hall–Kier alpha value is -2.63. The van der Waals surface area contributed by atoms with Crippen molar-refractivity contribution in [1.29, 1.82) is 0 Å². The van der Waals surface area contributed by atoms with Gasteiger partial charge in [0.15, 0.2) is 0 Å². The molecule has 0 aliphatic rings. The molecule has 1 unspecified atom stereocenters. The maximum Gasteiger partial charge on any atom is 0.307 e. The van der Waals surface area contributed by atoms with E-state index in [4.69, 9.17) is 5.11 Å². The second kappa shape index (κ2) is 6.01. The molecular weight excluding hydrogens is 258 g/mol. The molecule has 1 aromatic heterocycles. The Morgan fingerprint density at radius 3 is 2.75 bits per heavy atom. The molecule has 6 heteroatoms. The quantitative estimate of drug-likeness (QED) is 0.868. The van der Waals surface area contributed by atoms with Crippen LogP contribution in [0, 0.1) is 0 Å². The summed E-state index contributed by atoms with van der Waals surface area (Å²) in [5.41, 5.74) is 1.08.